The normalized spacial score (nSPS) is 11.1. The van der Waals surface area contributed by atoms with Crippen molar-refractivity contribution in [3.8, 4) is 0 Å². The maximum Gasteiger partial charge on any atom is 0.264 e. The molecule has 7 heteroatoms. The lowest BCUT2D eigenvalue weighted by Crippen LogP contribution is -2.34. The molecule has 0 unspecified atom stereocenters. The first-order valence-corrected chi connectivity index (χ1v) is 13.1. The van der Waals surface area contributed by atoms with E-state index in [0.717, 1.165) is 11.1 Å². The smallest absolute Gasteiger partial charge is 0.264 e. The quantitative estimate of drug-likeness (QED) is 0.293. The number of carbonyl (C=O) groups excluding carboxylic acids is 1. The molecule has 0 bridgehead atoms. The van der Waals surface area contributed by atoms with E-state index in [2.05, 4.69) is 5.32 Å². The van der Waals surface area contributed by atoms with Gasteiger partial charge in [-0.15, -0.1) is 0 Å². The van der Waals surface area contributed by atoms with Crippen LogP contribution in [0.1, 0.15) is 21.5 Å². The molecule has 4 rings (SSSR count). The van der Waals surface area contributed by atoms with Gasteiger partial charge in [0, 0.05) is 6.54 Å². The zero-order chi connectivity index (χ0) is 25.2. The Hall–Kier alpha value is -3.94. The number of nitrogens with one attached hydrogen (secondary N) is 1. The van der Waals surface area contributed by atoms with Crippen molar-refractivity contribution >= 4 is 21.6 Å². The third-order valence-electron chi connectivity index (χ3n) is 5.56. The zero-order valence-electron chi connectivity index (χ0n) is 19.8. The fourth-order valence-corrected chi connectivity index (χ4v) is 5.24. The number of benzene rings is 4. The molecular formula is C29H28N2O4S. The van der Waals surface area contributed by atoms with Crippen LogP contribution >= 0.6 is 0 Å². The highest BCUT2D eigenvalue weighted by Gasteiger charge is 2.28. The average Bonchev–Trinajstić information content (AvgIpc) is 2.93. The number of hydrogen-bond acceptors (Lipinski definition) is 4. The number of ether oxygens (including phenoxy) is 1. The molecule has 0 spiro atoms. The van der Waals surface area contributed by atoms with Gasteiger partial charge in [-0.25, -0.2) is 8.42 Å². The molecule has 0 aliphatic carbocycles. The lowest BCUT2D eigenvalue weighted by Gasteiger charge is -2.26. The molecule has 1 amide bonds. The molecule has 4 aromatic rings. The summed E-state index contributed by atoms with van der Waals surface area (Å²) < 4.78 is 34.4. The first-order chi connectivity index (χ1) is 17.6. The number of anilines is 1. The van der Waals surface area contributed by atoms with E-state index in [0.29, 0.717) is 25.4 Å². The van der Waals surface area contributed by atoms with Crippen LogP contribution in [-0.2, 0) is 27.9 Å². The van der Waals surface area contributed by atoms with E-state index >= 15 is 0 Å². The van der Waals surface area contributed by atoms with Gasteiger partial charge < -0.3 is 10.1 Å². The Morgan fingerprint density at radius 3 is 1.94 bits per heavy atom. The molecular weight excluding hydrogens is 472 g/mol. The van der Waals surface area contributed by atoms with E-state index in [-0.39, 0.29) is 22.9 Å². The van der Waals surface area contributed by atoms with Crippen LogP contribution in [0.3, 0.4) is 0 Å². The van der Waals surface area contributed by atoms with E-state index in [4.69, 9.17) is 4.74 Å². The van der Waals surface area contributed by atoms with Crippen molar-refractivity contribution in [3.63, 3.8) is 0 Å². The fourth-order valence-electron chi connectivity index (χ4n) is 3.75. The Balaban J connectivity index is 1.54. The van der Waals surface area contributed by atoms with E-state index in [1.807, 2.05) is 60.7 Å². The SMILES string of the molecule is O=C(NCCOCc1ccccc1)c1ccccc1N(Cc1ccccc1)S(=O)(=O)c1ccccc1. The van der Waals surface area contributed by atoms with Gasteiger partial charge in [0.1, 0.15) is 0 Å². The van der Waals surface area contributed by atoms with Crippen LogP contribution in [0.5, 0.6) is 0 Å². The predicted molar refractivity (Wildman–Crippen MR) is 141 cm³/mol. The number of sulfonamides is 1. The molecule has 6 nitrogen and oxygen atoms in total. The number of amides is 1. The lowest BCUT2D eigenvalue weighted by atomic mass is 10.1. The molecule has 0 aromatic heterocycles. The molecule has 0 radical (unpaired) electrons. The van der Waals surface area contributed by atoms with Gasteiger partial charge in [0.2, 0.25) is 0 Å². The third kappa shape index (κ3) is 6.38. The zero-order valence-corrected chi connectivity index (χ0v) is 20.6. The van der Waals surface area contributed by atoms with E-state index in [1.165, 1.54) is 4.31 Å². The highest BCUT2D eigenvalue weighted by Crippen LogP contribution is 2.29. The fraction of sp³-hybridized carbons (Fsp3) is 0.138. The summed E-state index contributed by atoms with van der Waals surface area (Å²) >= 11 is 0. The van der Waals surface area contributed by atoms with Gasteiger partial charge in [0.25, 0.3) is 15.9 Å². The summed E-state index contributed by atoms with van der Waals surface area (Å²) in [5.41, 5.74) is 2.45. The van der Waals surface area contributed by atoms with Crippen molar-refractivity contribution in [2.45, 2.75) is 18.0 Å². The average molecular weight is 501 g/mol. The Morgan fingerprint density at radius 2 is 1.28 bits per heavy atom. The number of para-hydroxylation sites is 1. The predicted octanol–water partition coefficient (Wildman–Crippen LogP) is 5.03. The molecule has 0 atom stereocenters. The van der Waals surface area contributed by atoms with Crippen LogP contribution in [0.15, 0.2) is 120 Å². The monoisotopic (exact) mass is 500 g/mol. The Bertz CT molecular complexity index is 1360. The largest absolute Gasteiger partial charge is 0.375 e. The highest BCUT2D eigenvalue weighted by molar-refractivity contribution is 7.92. The Kier molecular flexibility index (Phi) is 8.49. The van der Waals surface area contributed by atoms with Gasteiger partial charge in [0.05, 0.1) is 35.9 Å². The van der Waals surface area contributed by atoms with Crippen molar-refractivity contribution in [1.82, 2.24) is 5.32 Å². The van der Waals surface area contributed by atoms with Gasteiger partial charge in [-0.05, 0) is 35.4 Å². The number of carbonyl (C=O) groups is 1. The number of nitrogens with zero attached hydrogens (tertiary/aromatic N) is 1. The molecule has 0 aliphatic heterocycles. The van der Waals surface area contributed by atoms with Crippen molar-refractivity contribution in [1.29, 1.82) is 0 Å². The molecule has 1 N–H and O–H groups in total. The summed E-state index contributed by atoms with van der Waals surface area (Å²) in [5, 5.41) is 2.85. The van der Waals surface area contributed by atoms with Crippen LogP contribution in [0.25, 0.3) is 0 Å². The third-order valence-corrected chi connectivity index (χ3v) is 7.34. The van der Waals surface area contributed by atoms with E-state index in [9.17, 15) is 13.2 Å². The van der Waals surface area contributed by atoms with Crippen LogP contribution in [0.2, 0.25) is 0 Å². The maximum atomic E-state index is 13.7. The van der Waals surface area contributed by atoms with Crippen molar-refractivity contribution < 1.29 is 17.9 Å². The molecule has 0 saturated carbocycles. The summed E-state index contributed by atoms with van der Waals surface area (Å²) in [4.78, 5) is 13.3. The second kappa shape index (κ2) is 12.2. The summed E-state index contributed by atoms with van der Waals surface area (Å²) in [6, 6.07) is 34.1. The van der Waals surface area contributed by atoms with Crippen LogP contribution in [0.4, 0.5) is 5.69 Å². The van der Waals surface area contributed by atoms with E-state index in [1.54, 1.807) is 54.6 Å². The molecule has 0 saturated heterocycles. The lowest BCUT2D eigenvalue weighted by molar-refractivity contribution is 0.0901. The highest BCUT2D eigenvalue weighted by atomic mass is 32.2. The standard InChI is InChI=1S/C29H28N2O4S/c32-29(30-20-21-35-23-25-14-6-2-7-15-25)27-18-10-11-19-28(27)31(22-24-12-4-1-5-13-24)36(33,34)26-16-8-3-9-17-26/h1-19H,20-23H2,(H,30,32). The van der Waals surface area contributed by atoms with Gasteiger partial charge in [-0.1, -0.05) is 91.0 Å². The molecule has 4 aromatic carbocycles. The number of hydrogen-bond donors (Lipinski definition) is 1. The number of rotatable bonds is 11. The van der Waals surface area contributed by atoms with Gasteiger partial charge in [-0.2, -0.15) is 0 Å². The van der Waals surface area contributed by atoms with Gasteiger partial charge in [0.15, 0.2) is 0 Å². The van der Waals surface area contributed by atoms with Gasteiger partial charge in [-0.3, -0.25) is 9.10 Å². The molecule has 0 heterocycles. The molecule has 0 aliphatic rings. The Labute approximate surface area is 212 Å². The first kappa shape index (κ1) is 25.2. The molecule has 184 valence electrons. The summed E-state index contributed by atoms with van der Waals surface area (Å²) in [6.07, 6.45) is 0. The minimum atomic E-state index is -3.94. The van der Waals surface area contributed by atoms with Gasteiger partial charge >= 0.3 is 0 Å². The van der Waals surface area contributed by atoms with Crippen molar-refractivity contribution in [2.75, 3.05) is 17.5 Å². The topological polar surface area (TPSA) is 75.7 Å². The summed E-state index contributed by atoms with van der Waals surface area (Å²) in [7, 11) is -3.94. The summed E-state index contributed by atoms with van der Waals surface area (Å²) in [6.45, 7) is 1.17. The minimum Gasteiger partial charge on any atom is -0.375 e. The second-order valence-corrected chi connectivity index (χ2v) is 9.98. The summed E-state index contributed by atoms with van der Waals surface area (Å²) in [5.74, 6) is -0.366. The van der Waals surface area contributed by atoms with Crippen molar-refractivity contribution in [3.05, 3.63) is 132 Å². The Morgan fingerprint density at radius 1 is 0.722 bits per heavy atom. The minimum absolute atomic E-state index is 0.0859. The van der Waals surface area contributed by atoms with Crippen LogP contribution < -0.4 is 9.62 Å². The molecule has 36 heavy (non-hydrogen) atoms. The van der Waals surface area contributed by atoms with E-state index < -0.39 is 10.0 Å². The second-order valence-electron chi connectivity index (χ2n) is 8.12. The molecule has 0 fully saturated rings. The van der Waals surface area contributed by atoms with Crippen LogP contribution in [0, 0.1) is 0 Å². The maximum absolute atomic E-state index is 13.7. The first-order valence-electron chi connectivity index (χ1n) is 11.7. The van der Waals surface area contributed by atoms with Crippen LogP contribution in [-0.4, -0.2) is 27.5 Å². The van der Waals surface area contributed by atoms with Crippen molar-refractivity contribution in [2.24, 2.45) is 0 Å².